The number of nitrogens with one attached hydrogen (secondary N) is 1. The van der Waals surface area contributed by atoms with Gasteiger partial charge in [-0.1, -0.05) is 30.3 Å². The number of amides is 2. The molecule has 0 unspecified atom stereocenters. The second kappa shape index (κ2) is 7.35. The molecule has 1 fully saturated rings. The van der Waals surface area contributed by atoms with Crippen LogP contribution >= 0.6 is 0 Å². The number of carbonyl (C=O) groups is 2. The second-order valence-electron chi connectivity index (χ2n) is 6.33. The first kappa shape index (κ1) is 17.6. The fourth-order valence-corrected chi connectivity index (χ4v) is 4.75. The van der Waals surface area contributed by atoms with Crippen LogP contribution in [0.25, 0.3) is 0 Å². The monoisotopic (exact) mass is 363 g/mol. The van der Waals surface area contributed by atoms with Crippen molar-refractivity contribution in [1.29, 1.82) is 0 Å². The zero-order valence-corrected chi connectivity index (χ0v) is 14.7. The lowest BCUT2D eigenvalue weighted by molar-refractivity contribution is -0.133. The minimum Gasteiger partial charge on any atom is -0.351 e. The fourth-order valence-electron chi connectivity index (χ4n) is 3.06. The molecule has 0 saturated carbocycles. The Morgan fingerprint density at radius 1 is 1.24 bits per heavy atom. The molecule has 1 atom stereocenters. The number of rotatable bonds is 5. The Balaban J connectivity index is 1.60. The van der Waals surface area contributed by atoms with E-state index in [9.17, 15) is 18.0 Å². The van der Waals surface area contributed by atoms with E-state index in [0.29, 0.717) is 19.4 Å². The van der Waals surface area contributed by atoms with E-state index in [1.165, 1.54) is 5.01 Å². The van der Waals surface area contributed by atoms with Gasteiger partial charge in [-0.25, -0.2) is 13.4 Å². The number of hydrogen-bond donors (Lipinski definition) is 1. The predicted molar refractivity (Wildman–Crippen MR) is 93.7 cm³/mol. The number of hydrazone groups is 1. The molecule has 1 saturated heterocycles. The highest BCUT2D eigenvalue weighted by Gasteiger charge is 2.37. The van der Waals surface area contributed by atoms with Crippen molar-refractivity contribution in [3.8, 4) is 0 Å². The van der Waals surface area contributed by atoms with E-state index < -0.39 is 15.9 Å². The average molecular weight is 363 g/mol. The summed E-state index contributed by atoms with van der Waals surface area (Å²) in [6, 6.07) is 9.36. The van der Waals surface area contributed by atoms with E-state index in [-0.39, 0.29) is 41.9 Å². The Morgan fingerprint density at radius 3 is 2.68 bits per heavy atom. The van der Waals surface area contributed by atoms with Crippen molar-refractivity contribution in [3.63, 3.8) is 0 Å². The topological polar surface area (TPSA) is 95.9 Å². The molecule has 1 aromatic carbocycles. The molecule has 134 valence electrons. The van der Waals surface area contributed by atoms with Crippen LogP contribution in [0, 0.1) is 0 Å². The second-order valence-corrected chi connectivity index (χ2v) is 8.56. The molecule has 0 spiro atoms. The number of nitrogens with zero attached hydrogens (tertiary/aromatic N) is 2. The lowest BCUT2D eigenvalue weighted by Gasteiger charge is -2.27. The van der Waals surface area contributed by atoms with Crippen LogP contribution in [0.2, 0.25) is 0 Å². The van der Waals surface area contributed by atoms with Crippen molar-refractivity contribution in [2.24, 2.45) is 5.10 Å². The molecule has 0 aliphatic carbocycles. The zero-order chi connectivity index (χ0) is 17.9. The largest absolute Gasteiger partial charge is 0.351 e. The highest BCUT2D eigenvalue weighted by molar-refractivity contribution is 7.91. The summed E-state index contributed by atoms with van der Waals surface area (Å²) in [6.07, 6.45) is 1.55. The molecule has 7 nitrogen and oxygen atoms in total. The first-order chi connectivity index (χ1) is 11.9. The maximum absolute atomic E-state index is 12.3. The van der Waals surface area contributed by atoms with Crippen LogP contribution in [-0.4, -0.2) is 55.0 Å². The van der Waals surface area contributed by atoms with Crippen molar-refractivity contribution in [2.45, 2.75) is 31.7 Å². The summed E-state index contributed by atoms with van der Waals surface area (Å²) in [6.45, 7) is 0.480. The Labute approximate surface area is 147 Å². The highest BCUT2D eigenvalue weighted by atomic mass is 32.2. The molecule has 3 rings (SSSR count). The van der Waals surface area contributed by atoms with E-state index in [0.717, 1.165) is 5.56 Å². The van der Waals surface area contributed by atoms with Crippen LogP contribution < -0.4 is 5.32 Å². The van der Waals surface area contributed by atoms with Crippen LogP contribution in [0.3, 0.4) is 0 Å². The number of carbonyl (C=O) groups excluding carboxylic acids is 2. The first-order valence-electron chi connectivity index (χ1n) is 8.37. The smallest absolute Gasteiger partial charge is 0.267 e. The summed E-state index contributed by atoms with van der Waals surface area (Å²) >= 11 is 0. The van der Waals surface area contributed by atoms with Crippen LogP contribution in [-0.2, 0) is 25.8 Å². The number of hydrogen-bond acceptors (Lipinski definition) is 5. The van der Waals surface area contributed by atoms with Gasteiger partial charge in [0.1, 0.15) is 5.71 Å². The van der Waals surface area contributed by atoms with E-state index in [2.05, 4.69) is 10.4 Å². The lowest BCUT2D eigenvalue weighted by atomic mass is 10.1. The third-order valence-electron chi connectivity index (χ3n) is 4.42. The summed E-state index contributed by atoms with van der Waals surface area (Å²) < 4.78 is 23.2. The van der Waals surface area contributed by atoms with Gasteiger partial charge in [0.25, 0.3) is 5.91 Å². The molecule has 8 heteroatoms. The maximum atomic E-state index is 12.3. The Hall–Kier alpha value is -2.22. The van der Waals surface area contributed by atoms with E-state index >= 15 is 0 Å². The van der Waals surface area contributed by atoms with E-state index in [4.69, 9.17) is 0 Å². The molecular formula is C17H21N3O4S. The van der Waals surface area contributed by atoms with Gasteiger partial charge >= 0.3 is 0 Å². The van der Waals surface area contributed by atoms with Gasteiger partial charge in [-0.15, -0.1) is 0 Å². The Bertz CT molecular complexity index is 789. The van der Waals surface area contributed by atoms with E-state index in [1.807, 2.05) is 30.3 Å². The fraction of sp³-hybridized carbons (Fsp3) is 0.471. The standard InChI is InChI=1S/C17H21N3O4S/c21-16-7-6-15(19-20(16)14-9-11-25(23,24)12-14)17(22)18-10-8-13-4-2-1-3-5-13/h1-5,14H,6-12H2,(H,18,22)/t14-/m0/s1. The summed E-state index contributed by atoms with van der Waals surface area (Å²) in [5, 5.41) is 8.19. The molecule has 2 aliphatic rings. The predicted octanol–water partition coefficient (Wildman–Crippen LogP) is 0.511. The van der Waals surface area contributed by atoms with Crippen molar-refractivity contribution < 1.29 is 18.0 Å². The lowest BCUT2D eigenvalue weighted by Crippen LogP contribution is -2.44. The average Bonchev–Trinajstić information content (AvgIpc) is 2.96. The minimum absolute atomic E-state index is 0.0651. The Kier molecular flexibility index (Phi) is 5.17. The van der Waals surface area contributed by atoms with Gasteiger partial charge in [-0.05, 0) is 18.4 Å². The number of benzene rings is 1. The summed E-state index contributed by atoms with van der Waals surface area (Å²) in [4.78, 5) is 24.3. The van der Waals surface area contributed by atoms with Crippen LogP contribution in [0.15, 0.2) is 35.4 Å². The van der Waals surface area contributed by atoms with Crippen LogP contribution in [0.1, 0.15) is 24.8 Å². The highest BCUT2D eigenvalue weighted by Crippen LogP contribution is 2.22. The van der Waals surface area contributed by atoms with Gasteiger partial charge < -0.3 is 5.32 Å². The molecule has 1 aromatic rings. The van der Waals surface area contributed by atoms with Crippen LogP contribution in [0.5, 0.6) is 0 Å². The molecule has 25 heavy (non-hydrogen) atoms. The third-order valence-corrected chi connectivity index (χ3v) is 6.17. The van der Waals surface area contributed by atoms with Crippen molar-refractivity contribution >= 4 is 27.4 Å². The summed E-state index contributed by atoms with van der Waals surface area (Å²) in [5.41, 5.74) is 1.42. The van der Waals surface area contributed by atoms with Gasteiger partial charge in [0.2, 0.25) is 5.91 Å². The third kappa shape index (κ3) is 4.45. The van der Waals surface area contributed by atoms with Crippen LogP contribution in [0.4, 0.5) is 0 Å². The minimum atomic E-state index is -3.11. The van der Waals surface area contributed by atoms with Gasteiger partial charge in [-0.3, -0.25) is 9.59 Å². The number of sulfone groups is 1. The van der Waals surface area contributed by atoms with Crippen molar-refractivity contribution in [3.05, 3.63) is 35.9 Å². The van der Waals surface area contributed by atoms with E-state index in [1.54, 1.807) is 0 Å². The molecule has 2 heterocycles. The first-order valence-corrected chi connectivity index (χ1v) is 10.2. The van der Waals surface area contributed by atoms with Gasteiger partial charge in [-0.2, -0.15) is 5.10 Å². The maximum Gasteiger partial charge on any atom is 0.267 e. The zero-order valence-electron chi connectivity index (χ0n) is 13.8. The van der Waals surface area contributed by atoms with Gasteiger partial charge in [0.15, 0.2) is 9.84 Å². The molecule has 0 bridgehead atoms. The summed E-state index contributed by atoms with van der Waals surface area (Å²) in [7, 11) is -3.11. The normalized spacial score (nSPS) is 22.6. The van der Waals surface area contributed by atoms with Crippen molar-refractivity contribution in [2.75, 3.05) is 18.1 Å². The molecule has 0 aromatic heterocycles. The van der Waals surface area contributed by atoms with Gasteiger partial charge in [0, 0.05) is 19.4 Å². The molecule has 2 aliphatic heterocycles. The summed E-state index contributed by atoms with van der Waals surface area (Å²) in [5.74, 6) is -0.530. The Morgan fingerprint density at radius 2 is 2.00 bits per heavy atom. The van der Waals surface area contributed by atoms with Crippen molar-refractivity contribution in [1.82, 2.24) is 10.3 Å². The molecule has 1 N–H and O–H groups in total. The SMILES string of the molecule is O=C(NCCc1ccccc1)C1=NN([C@H]2CCS(=O)(=O)C2)C(=O)CC1. The molecule has 2 amide bonds. The quantitative estimate of drug-likeness (QED) is 0.824. The van der Waals surface area contributed by atoms with Gasteiger partial charge in [0.05, 0.1) is 17.5 Å². The molecular weight excluding hydrogens is 342 g/mol. The molecule has 0 radical (unpaired) electrons.